The van der Waals surface area contributed by atoms with E-state index in [0.717, 1.165) is 23.7 Å². The molecule has 0 heteroatoms. The summed E-state index contributed by atoms with van der Waals surface area (Å²) in [6.45, 7) is 10.6. The fourth-order valence-corrected chi connectivity index (χ4v) is 8.75. The van der Waals surface area contributed by atoms with Crippen molar-refractivity contribution >= 4 is 0 Å². The summed E-state index contributed by atoms with van der Waals surface area (Å²) in [6.07, 6.45) is 16.8. The Morgan fingerprint density at radius 1 is 0.682 bits per heavy atom. The maximum absolute atomic E-state index is 2.74. The first kappa shape index (κ1) is 15.5. The van der Waals surface area contributed by atoms with Crippen molar-refractivity contribution in [1.29, 1.82) is 0 Å². The zero-order valence-corrected chi connectivity index (χ0v) is 15.6. The van der Waals surface area contributed by atoms with Gasteiger partial charge >= 0.3 is 0 Å². The number of fused-ring (bicyclic) bond motifs is 5. The highest BCUT2D eigenvalue weighted by Gasteiger charge is 2.64. The van der Waals surface area contributed by atoms with Crippen molar-refractivity contribution < 1.29 is 0 Å². The van der Waals surface area contributed by atoms with E-state index in [0.29, 0.717) is 16.2 Å². The summed E-state index contributed by atoms with van der Waals surface area (Å²) >= 11 is 0. The molecule has 0 aliphatic heterocycles. The predicted molar refractivity (Wildman–Crippen MR) is 94.7 cm³/mol. The van der Waals surface area contributed by atoms with Gasteiger partial charge in [0.25, 0.3) is 0 Å². The van der Waals surface area contributed by atoms with Crippen LogP contribution in [0.3, 0.4) is 0 Å². The molecule has 0 aromatic heterocycles. The van der Waals surface area contributed by atoms with Crippen molar-refractivity contribution in [2.45, 2.75) is 98.3 Å². The minimum atomic E-state index is 0.666. The smallest absolute Gasteiger partial charge is 0.0259 e. The summed E-state index contributed by atoms with van der Waals surface area (Å²) in [7, 11) is 0. The monoisotopic (exact) mass is 302 g/mol. The molecule has 4 aliphatic rings. The Morgan fingerprint density at radius 2 is 1.41 bits per heavy atom. The average Bonchev–Trinajstić information content (AvgIpc) is 2.84. The number of hydrogen-bond acceptors (Lipinski definition) is 0. The Labute approximate surface area is 138 Å². The maximum Gasteiger partial charge on any atom is -0.0259 e. The molecule has 0 radical (unpaired) electrons. The number of hydrogen-bond donors (Lipinski definition) is 0. The molecule has 0 aromatic rings. The summed E-state index contributed by atoms with van der Waals surface area (Å²) in [6, 6.07) is 0. The third kappa shape index (κ3) is 1.82. The summed E-state index contributed by atoms with van der Waals surface area (Å²) in [5.74, 6) is 4.15. The molecule has 4 fully saturated rings. The van der Waals surface area contributed by atoms with Crippen LogP contribution >= 0.6 is 0 Å². The van der Waals surface area contributed by atoms with Crippen LogP contribution < -0.4 is 0 Å². The average molecular weight is 303 g/mol. The Hall–Kier alpha value is 0. The molecule has 0 saturated heterocycles. The molecule has 7 atom stereocenters. The van der Waals surface area contributed by atoms with Crippen LogP contribution in [0.5, 0.6) is 0 Å². The standard InChI is InChI=1S/C22H38/c1-5-16-9-10-18-21(16,3)15-12-19-20(2)13-7-6-8-17(20)11-14-22(18,19)4/h16-19H,5-15H2,1-4H3/t16-,17-,18?,19?,20-,21+,22-/m0/s1. The third-order valence-electron chi connectivity index (χ3n) is 9.87. The number of rotatable bonds is 1. The van der Waals surface area contributed by atoms with E-state index < -0.39 is 0 Å². The summed E-state index contributed by atoms with van der Waals surface area (Å²) < 4.78 is 0. The highest BCUT2D eigenvalue weighted by molar-refractivity contribution is 5.13. The molecule has 4 saturated carbocycles. The van der Waals surface area contributed by atoms with Crippen LogP contribution in [0.1, 0.15) is 98.3 Å². The van der Waals surface area contributed by atoms with Crippen LogP contribution in [-0.2, 0) is 0 Å². The van der Waals surface area contributed by atoms with Gasteiger partial charge in [-0.3, -0.25) is 0 Å². The molecule has 22 heavy (non-hydrogen) atoms. The first-order valence-corrected chi connectivity index (χ1v) is 10.4. The second-order valence-corrected chi connectivity index (χ2v) is 10.3. The van der Waals surface area contributed by atoms with Crippen LogP contribution in [0.25, 0.3) is 0 Å². The minimum Gasteiger partial charge on any atom is -0.0651 e. The van der Waals surface area contributed by atoms with Crippen molar-refractivity contribution in [1.82, 2.24) is 0 Å². The Balaban J connectivity index is 1.70. The molecular weight excluding hydrogens is 264 g/mol. The van der Waals surface area contributed by atoms with Crippen LogP contribution in [0.15, 0.2) is 0 Å². The van der Waals surface area contributed by atoms with E-state index in [2.05, 4.69) is 27.7 Å². The third-order valence-corrected chi connectivity index (χ3v) is 9.87. The normalized spacial score (nSPS) is 57.8. The van der Waals surface area contributed by atoms with Gasteiger partial charge in [-0.05, 0) is 91.3 Å². The Kier molecular flexibility index (Phi) is 3.53. The molecule has 2 unspecified atom stereocenters. The minimum absolute atomic E-state index is 0.666. The lowest BCUT2D eigenvalue weighted by Gasteiger charge is -2.65. The van der Waals surface area contributed by atoms with Gasteiger partial charge in [-0.15, -0.1) is 0 Å². The molecule has 0 heterocycles. The van der Waals surface area contributed by atoms with Crippen molar-refractivity contribution in [3.63, 3.8) is 0 Å². The van der Waals surface area contributed by atoms with Crippen LogP contribution in [0, 0.1) is 39.9 Å². The second kappa shape index (κ2) is 5.00. The lowest BCUT2D eigenvalue weighted by Crippen LogP contribution is -2.58. The topological polar surface area (TPSA) is 0 Å². The highest BCUT2D eigenvalue weighted by Crippen LogP contribution is 2.72. The van der Waals surface area contributed by atoms with E-state index >= 15 is 0 Å². The molecule has 0 amide bonds. The predicted octanol–water partition coefficient (Wildman–Crippen LogP) is 6.84. The van der Waals surface area contributed by atoms with Crippen molar-refractivity contribution in [2.75, 3.05) is 0 Å². The molecule has 0 N–H and O–H groups in total. The van der Waals surface area contributed by atoms with Crippen LogP contribution in [-0.4, -0.2) is 0 Å². The first-order valence-electron chi connectivity index (χ1n) is 10.4. The molecule has 0 aromatic carbocycles. The quantitative estimate of drug-likeness (QED) is 0.497. The first-order chi connectivity index (χ1) is 10.4. The Morgan fingerprint density at radius 3 is 2.18 bits per heavy atom. The van der Waals surface area contributed by atoms with Gasteiger partial charge in [0, 0.05) is 0 Å². The van der Waals surface area contributed by atoms with Gasteiger partial charge in [0.15, 0.2) is 0 Å². The van der Waals surface area contributed by atoms with Gasteiger partial charge in [-0.25, -0.2) is 0 Å². The molecule has 4 aliphatic carbocycles. The molecule has 0 spiro atoms. The van der Waals surface area contributed by atoms with Gasteiger partial charge in [-0.2, -0.15) is 0 Å². The van der Waals surface area contributed by atoms with E-state index in [9.17, 15) is 0 Å². The highest BCUT2D eigenvalue weighted by atomic mass is 14.7. The van der Waals surface area contributed by atoms with Gasteiger partial charge in [0.05, 0.1) is 0 Å². The molecule has 126 valence electrons. The van der Waals surface area contributed by atoms with Gasteiger partial charge in [0.1, 0.15) is 0 Å². The maximum atomic E-state index is 2.74. The van der Waals surface area contributed by atoms with Crippen molar-refractivity contribution in [3.8, 4) is 0 Å². The summed E-state index contributed by atoms with van der Waals surface area (Å²) in [5.41, 5.74) is 2.04. The fraction of sp³-hybridized carbons (Fsp3) is 1.00. The van der Waals surface area contributed by atoms with Gasteiger partial charge < -0.3 is 0 Å². The van der Waals surface area contributed by atoms with Crippen molar-refractivity contribution in [3.05, 3.63) is 0 Å². The largest absolute Gasteiger partial charge is 0.0651 e. The lowest BCUT2D eigenvalue weighted by atomic mass is 9.39. The fourth-order valence-electron chi connectivity index (χ4n) is 8.75. The van der Waals surface area contributed by atoms with E-state index in [1.807, 2.05) is 0 Å². The zero-order chi connectivity index (χ0) is 15.6. The van der Waals surface area contributed by atoms with E-state index in [1.165, 1.54) is 25.7 Å². The van der Waals surface area contributed by atoms with E-state index in [-0.39, 0.29) is 0 Å². The summed E-state index contributed by atoms with van der Waals surface area (Å²) in [4.78, 5) is 0. The van der Waals surface area contributed by atoms with Crippen LogP contribution in [0.2, 0.25) is 0 Å². The SMILES string of the molecule is CC[C@H]1CCC2[C@]3(C)CC[C@@H]4CCCC[C@]4(C)C3CC[C@@]21C. The lowest BCUT2D eigenvalue weighted by molar-refractivity contribution is -0.164. The van der Waals surface area contributed by atoms with Gasteiger partial charge in [-0.1, -0.05) is 47.0 Å². The van der Waals surface area contributed by atoms with Crippen molar-refractivity contribution in [2.24, 2.45) is 39.9 Å². The van der Waals surface area contributed by atoms with Gasteiger partial charge in [0.2, 0.25) is 0 Å². The summed E-state index contributed by atoms with van der Waals surface area (Å²) in [5, 5.41) is 0. The van der Waals surface area contributed by atoms with E-state index in [1.54, 1.807) is 44.9 Å². The van der Waals surface area contributed by atoms with Crippen LogP contribution in [0.4, 0.5) is 0 Å². The second-order valence-electron chi connectivity index (χ2n) is 10.3. The molecular formula is C22H38. The zero-order valence-electron chi connectivity index (χ0n) is 15.6. The molecule has 4 rings (SSSR count). The molecule has 0 nitrogen and oxygen atoms in total. The van der Waals surface area contributed by atoms with E-state index in [4.69, 9.17) is 0 Å². The molecule has 0 bridgehead atoms. The Bertz CT molecular complexity index is 439.